The van der Waals surface area contributed by atoms with Crippen LogP contribution in [0.25, 0.3) is 0 Å². The SMILES string of the molecule is COc1cc(C(=O)O[C@@H](C)C(=O)Nc2ccccc2F)cc2c1OCCO2. The maximum absolute atomic E-state index is 13.6. The summed E-state index contributed by atoms with van der Waals surface area (Å²) in [5, 5.41) is 2.38. The molecule has 1 aliphatic rings. The first-order valence-corrected chi connectivity index (χ1v) is 8.23. The van der Waals surface area contributed by atoms with E-state index < -0.39 is 23.8 Å². The molecule has 2 aromatic carbocycles. The molecule has 27 heavy (non-hydrogen) atoms. The lowest BCUT2D eigenvalue weighted by atomic mass is 10.1. The number of methoxy groups -OCH3 is 1. The van der Waals surface area contributed by atoms with E-state index >= 15 is 0 Å². The highest BCUT2D eigenvalue weighted by molar-refractivity contribution is 5.97. The number of esters is 1. The van der Waals surface area contributed by atoms with Crippen molar-refractivity contribution >= 4 is 17.6 Å². The Bertz CT molecular complexity index is 852. The Balaban J connectivity index is 1.71. The summed E-state index contributed by atoms with van der Waals surface area (Å²) < 4.78 is 35.0. The molecule has 2 aromatic rings. The summed E-state index contributed by atoms with van der Waals surface area (Å²) >= 11 is 0. The fourth-order valence-corrected chi connectivity index (χ4v) is 2.47. The van der Waals surface area contributed by atoms with Crippen LogP contribution in [0.5, 0.6) is 17.2 Å². The van der Waals surface area contributed by atoms with Crippen molar-refractivity contribution in [2.24, 2.45) is 0 Å². The van der Waals surface area contributed by atoms with Gasteiger partial charge in [0.05, 0.1) is 18.4 Å². The molecule has 1 N–H and O–H groups in total. The molecule has 1 aliphatic heterocycles. The van der Waals surface area contributed by atoms with E-state index in [2.05, 4.69) is 5.32 Å². The summed E-state index contributed by atoms with van der Waals surface area (Å²) in [7, 11) is 1.44. The molecule has 8 heteroatoms. The number of benzene rings is 2. The van der Waals surface area contributed by atoms with E-state index in [1.807, 2.05) is 0 Å². The van der Waals surface area contributed by atoms with Gasteiger partial charge in [0.15, 0.2) is 17.6 Å². The van der Waals surface area contributed by atoms with Gasteiger partial charge in [0.25, 0.3) is 5.91 Å². The molecule has 3 rings (SSSR count). The highest BCUT2D eigenvalue weighted by Gasteiger charge is 2.24. The van der Waals surface area contributed by atoms with Crippen LogP contribution in [0.1, 0.15) is 17.3 Å². The lowest BCUT2D eigenvalue weighted by molar-refractivity contribution is -0.123. The predicted molar refractivity (Wildman–Crippen MR) is 93.9 cm³/mol. The van der Waals surface area contributed by atoms with Crippen molar-refractivity contribution < 1.29 is 32.9 Å². The molecule has 1 amide bonds. The molecule has 7 nitrogen and oxygen atoms in total. The van der Waals surface area contributed by atoms with Crippen LogP contribution in [0.15, 0.2) is 36.4 Å². The number of carbonyl (C=O) groups excluding carboxylic acids is 2. The number of hydrogen-bond acceptors (Lipinski definition) is 6. The van der Waals surface area contributed by atoms with Crippen LogP contribution in [-0.2, 0) is 9.53 Å². The lowest BCUT2D eigenvalue weighted by Crippen LogP contribution is -2.30. The maximum Gasteiger partial charge on any atom is 0.339 e. The zero-order valence-corrected chi connectivity index (χ0v) is 14.8. The second kappa shape index (κ2) is 7.94. The largest absolute Gasteiger partial charge is 0.493 e. The van der Waals surface area contributed by atoms with Gasteiger partial charge in [-0.2, -0.15) is 0 Å². The van der Waals surface area contributed by atoms with Crippen LogP contribution in [0.4, 0.5) is 10.1 Å². The van der Waals surface area contributed by atoms with E-state index in [0.29, 0.717) is 30.5 Å². The molecular formula is C19H18FNO6. The molecule has 0 saturated heterocycles. The number of rotatable bonds is 5. The molecule has 0 radical (unpaired) electrons. The number of fused-ring (bicyclic) bond motifs is 1. The predicted octanol–water partition coefficient (Wildman–Crippen LogP) is 2.79. The van der Waals surface area contributed by atoms with Crippen LogP contribution in [0.2, 0.25) is 0 Å². The Kier molecular flexibility index (Phi) is 5.44. The summed E-state index contributed by atoms with van der Waals surface area (Å²) in [4.78, 5) is 24.6. The van der Waals surface area contributed by atoms with Crippen LogP contribution in [0, 0.1) is 5.82 Å². The summed E-state index contributed by atoms with van der Waals surface area (Å²) in [6.07, 6.45) is -1.14. The summed E-state index contributed by atoms with van der Waals surface area (Å²) in [5.74, 6) is -0.898. The summed E-state index contributed by atoms with van der Waals surface area (Å²) in [5.41, 5.74) is 0.146. The van der Waals surface area contributed by atoms with Crippen LogP contribution in [0.3, 0.4) is 0 Å². The van der Waals surface area contributed by atoms with Crippen LogP contribution < -0.4 is 19.5 Å². The van der Waals surface area contributed by atoms with Gasteiger partial charge in [-0.3, -0.25) is 4.79 Å². The fourth-order valence-electron chi connectivity index (χ4n) is 2.47. The van der Waals surface area contributed by atoms with E-state index in [1.54, 1.807) is 6.07 Å². The van der Waals surface area contributed by atoms with E-state index in [4.69, 9.17) is 18.9 Å². The van der Waals surface area contributed by atoms with Crippen molar-refractivity contribution in [3.05, 3.63) is 47.8 Å². The molecule has 0 aliphatic carbocycles. The minimum Gasteiger partial charge on any atom is -0.493 e. The monoisotopic (exact) mass is 375 g/mol. The standard InChI is InChI=1S/C19H18FNO6/c1-11(18(22)21-14-6-4-3-5-13(14)20)27-19(23)12-9-15(24-2)17-16(10-12)25-7-8-26-17/h3-6,9-11H,7-8H2,1-2H3,(H,21,22)/t11-/m0/s1. The van der Waals surface area contributed by atoms with Crippen LogP contribution in [-0.4, -0.2) is 38.3 Å². The number of anilines is 1. The molecule has 0 aromatic heterocycles. The zero-order chi connectivity index (χ0) is 19.4. The third-order valence-electron chi connectivity index (χ3n) is 3.85. The Morgan fingerprint density at radius 1 is 1.19 bits per heavy atom. The van der Waals surface area contributed by atoms with Gasteiger partial charge in [-0.1, -0.05) is 12.1 Å². The smallest absolute Gasteiger partial charge is 0.339 e. The van der Waals surface area contributed by atoms with Gasteiger partial charge in [-0.05, 0) is 31.2 Å². The number of nitrogens with one attached hydrogen (secondary N) is 1. The first-order chi connectivity index (χ1) is 13.0. The van der Waals surface area contributed by atoms with Gasteiger partial charge in [0, 0.05) is 0 Å². The van der Waals surface area contributed by atoms with Gasteiger partial charge in [-0.25, -0.2) is 9.18 Å². The number of para-hydroxylation sites is 1. The van der Waals surface area contributed by atoms with Crippen molar-refractivity contribution in [1.82, 2.24) is 0 Å². The molecular weight excluding hydrogens is 357 g/mol. The highest BCUT2D eigenvalue weighted by atomic mass is 19.1. The topological polar surface area (TPSA) is 83.1 Å². The van der Waals surface area contributed by atoms with E-state index in [9.17, 15) is 14.0 Å². The number of halogens is 1. The van der Waals surface area contributed by atoms with Gasteiger partial charge in [0.2, 0.25) is 5.75 Å². The Morgan fingerprint density at radius 2 is 1.93 bits per heavy atom. The molecule has 0 spiro atoms. The number of hydrogen-bond donors (Lipinski definition) is 1. The van der Waals surface area contributed by atoms with E-state index in [0.717, 1.165) is 0 Å². The Labute approximate surface area is 155 Å². The fraction of sp³-hybridized carbons (Fsp3) is 0.263. The van der Waals surface area contributed by atoms with E-state index in [-0.39, 0.29) is 11.3 Å². The van der Waals surface area contributed by atoms with Crippen molar-refractivity contribution in [2.45, 2.75) is 13.0 Å². The third-order valence-corrected chi connectivity index (χ3v) is 3.85. The third kappa shape index (κ3) is 4.11. The van der Waals surface area contributed by atoms with Crippen molar-refractivity contribution in [3.63, 3.8) is 0 Å². The second-order valence-corrected chi connectivity index (χ2v) is 5.72. The first-order valence-electron chi connectivity index (χ1n) is 8.23. The minimum atomic E-state index is -1.14. The van der Waals surface area contributed by atoms with Gasteiger partial charge >= 0.3 is 5.97 Å². The lowest BCUT2D eigenvalue weighted by Gasteiger charge is -2.21. The maximum atomic E-state index is 13.6. The molecule has 0 fully saturated rings. The highest BCUT2D eigenvalue weighted by Crippen LogP contribution is 2.40. The molecule has 0 bridgehead atoms. The number of amides is 1. The minimum absolute atomic E-state index is 0.00592. The van der Waals surface area contributed by atoms with Crippen molar-refractivity contribution in [3.8, 4) is 17.2 Å². The summed E-state index contributed by atoms with van der Waals surface area (Å²) in [6.45, 7) is 2.11. The van der Waals surface area contributed by atoms with Crippen LogP contribution >= 0.6 is 0 Å². The molecule has 0 saturated carbocycles. The number of ether oxygens (including phenoxy) is 4. The normalized spacial score (nSPS) is 13.4. The molecule has 1 atom stereocenters. The Morgan fingerprint density at radius 3 is 2.67 bits per heavy atom. The number of carbonyl (C=O) groups is 2. The van der Waals surface area contributed by atoms with Crippen molar-refractivity contribution in [2.75, 3.05) is 25.6 Å². The van der Waals surface area contributed by atoms with Gasteiger partial charge in [-0.15, -0.1) is 0 Å². The molecule has 0 unspecified atom stereocenters. The average Bonchev–Trinajstić information content (AvgIpc) is 2.68. The first kappa shape index (κ1) is 18.5. The Hall–Kier alpha value is -3.29. The summed E-state index contributed by atoms with van der Waals surface area (Å²) in [6, 6.07) is 8.61. The molecule has 142 valence electrons. The van der Waals surface area contributed by atoms with Gasteiger partial charge < -0.3 is 24.3 Å². The van der Waals surface area contributed by atoms with E-state index in [1.165, 1.54) is 44.4 Å². The average molecular weight is 375 g/mol. The van der Waals surface area contributed by atoms with Gasteiger partial charge in [0.1, 0.15) is 19.0 Å². The molecule has 1 heterocycles. The zero-order valence-electron chi connectivity index (χ0n) is 14.8. The second-order valence-electron chi connectivity index (χ2n) is 5.72. The van der Waals surface area contributed by atoms with Crippen molar-refractivity contribution in [1.29, 1.82) is 0 Å². The quantitative estimate of drug-likeness (QED) is 0.809.